The van der Waals surface area contributed by atoms with Crippen molar-refractivity contribution < 1.29 is 0 Å². The predicted molar refractivity (Wildman–Crippen MR) is 73.2 cm³/mol. The van der Waals surface area contributed by atoms with Crippen LogP contribution in [0.15, 0.2) is 22.7 Å². The van der Waals surface area contributed by atoms with Gasteiger partial charge in [0.25, 0.3) is 0 Å². The van der Waals surface area contributed by atoms with Crippen LogP contribution in [0, 0.1) is 5.92 Å². The maximum Gasteiger partial charge on any atom is 0.112 e. The summed E-state index contributed by atoms with van der Waals surface area (Å²) in [7, 11) is 2.11. The summed E-state index contributed by atoms with van der Waals surface area (Å²) in [5.74, 6) is 2.45. The van der Waals surface area contributed by atoms with E-state index in [4.69, 9.17) is 4.98 Å². The van der Waals surface area contributed by atoms with Gasteiger partial charge in [0, 0.05) is 17.4 Å². The van der Waals surface area contributed by atoms with Crippen LogP contribution in [0.4, 0.5) is 0 Å². The predicted octanol–water partition coefficient (Wildman–Crippen LogP) is 2.66. The summed E-state index contributed by atoms with van der Waals surface area (Å²) in [5, 5.41) is 3.33. The summed E-state index contributed by atoms with van der Waals surface area (Å²) < 4.78 is 3.32. The highest BCUT2D eigenvalue weighted by molar-refractivity contribution is 9.10. The fourth-order valence-electron chi connectivity index (χ4n) is 2.47. The van der Waals surface area contributed by atoms with E-state index in [9.17, 15) is 0 Å². The van der Waals surface area contributed by atoms with Crippen LogP contribution in [0.1, 0.15) is 18.7 Å². The molecule has 1 N–H and O–H groups in total. The summed E-state index contributed by atoms with van der Waals surface area (Å²) in [6, 6.07) is 6.29. The Bertz CT molecular complexity index is 557. The van der Waals surface area contributed by atoms with Crippen LogP contribution in [0.2, 0.25) is 0 Å². The molecule has 1 aliphatic heterocycles. The lowest BCUT2D eigenvalue weighted by molar-refractivity contribution is 0.293. The maximum atomic E-state index is 4.78. The molecule has 0 aliphatic carbocycles. The second-order valence-corrected chi connectivity index (χ2v) is 5.78. The lowest BCUT2D eigenvalue weighted by atomic mass is 9.88. The zero-order valence-corrected chi connectivity index (χ0v) is 11.7. The average molecular weight is 294 g/mol. The van der Waals surface area contributed by atoms with E-state index >= 15 is 0 Å². The van der Waals surface area contributed by atoms with Crippen molar-refractivity contribution >= 4 is 27.0 Å². The minimum atomic E-state index is 0.521. The number of fused-ring (bicyclic) bond motifs is 1. The maximum absolute atomic E-state index is 4.78. The molecule has 2 heterocycles. The number of nitrogens with one attached hydrogen (secondary N) is 1. The molecular formula is C13H16BrN3. The molecule has 90 valence electrons. The zero-order valence-electron chi connectivity index (χ0n) is 10.1. The first-order valence-corrected chi connectivity index (χ1v) is 6.78. The van der Waals surface area contributed by atoms with Gasteiger partial charge in [-0.05, 0) is 37.2 Å². The number of hydrogen-bond donors (Lipinski definition) is 1. The lowest BCUT2D eigenvalue weighted by Crippen LogP contribution is -2.45. The van der Waals surface area contributed by atoms with Gasteiger partial charge < -0.3 is 9.88 Å². The second kappa shape index (κ2) is 4.10. The third-order valence-corrected chi connectivity index (χ3v) is 4.30. The van der Waals surface area contributed by atoms with Crippen LogP contribution in [-0.4, -0.2) is 22.6 Å². The first-order chi connectivity index (χ1) is 8.16. The quantitative estimate of drug-likeness (QED) is 0.923. The minimum Gasteiger partial charge on any atom is -0.331 e. The molecular weight excluding hydrogens is 278 g/mol. The Kier molecular flexibility index (Phi) is 2.71. The van der Waals surface area contributed by atoms with E-state index in [-0.39, 0.29) is 0 Å². The Balaban J connectivity index is 2.07. The second-order valence-electron chi connectivity index (χ2n) is 4.87. The van der Waals surface area contributed by atoms with Gasteiger partial charge in [-0.3, -0.25) is 0 Å². The Morgan fingerprint density at radius 1 is 1.47 bits per heavy atom. The Morgan fingerprint density at radius 2 is 2.24 bits per heavy atom. The molecule has 0 amide bonds. The van der Waals surface area contributed by atoms with Crippen molar-refractivity contribution in [2.45, 2.75) is 12.8 Å². The average Bonchev–Trinajstić information content (AvgIpc) is 2.53. The molecule has 1 saturated heterocycles. The molecule has 2 aromatic rings. The number of benzene rings is 1. The highest BCUT2D eigenvalue weighted by Gasteiger charge is 2.27. The normalized spacial score (nSPS) is 18.3. The summed E-state index contributed by atoms with van der Waals surface area (Å²) in [6.07, 6.45) is 0. The number of aromatic nitrogens is 2. The van der Waals surface area contributed by atoms with Crippen molar-refractivity contribution in [3.63, 3.8) is 0 Å². The van der Waals surface area contributed by atoms with Crippen molar-refractivity contribution in [2.75, 3.05) is 13.1 Å². The van der Waals surface area contributed by atoms with Crippen molar-refractivity contribution in [2.24, 2.45) is 13.0 Å². The van der Waals surface area contributed by atoms with Crippen molar-refractivity contribution in [3.8, 4) is 0 Å². The molecule has 1 aliphatic rings. The first kappa shape index (κ1) is 11.2. The van der Waals surface area contributed by atoms with Crippen LogP contribution in [0.5, 0.6) is 0 Å². The van der Waals surface area contributed by atoms with Gasteiger partial charge in [-0.2, -0.15) is 0 Å². The van der Waals surface area contributed by atoms with E-state index < -0.39 is 0 Å². The molecule has 1 fully saturated rings. The van der Waals surface area contributed by atoms with Crippen molar-refractivity contribution in [1.29, 1.82) is 0 Å². The Labute approximate surface area is 109 Å². The SMILES string of the molecule is CC(c1nc2cc(Br)ccc2n1C)C1CNC1. The molecule has 17 heavy (non-hydrogen) atoms. The Hall–Kier alpha value is -0.870. The van der Waals surface area contributed by atoms with E-state index in [0.29, 0.717) is 5.92 Å². The molecule has 0 saturated carbocycles. The van der Waals surface area contributed by atoms with E-state index in [0.717, 1.165) is 29.0 Å². The van der Waals surface area contributed by atoms with Gasteiger partial charge in [-0.25, -0.2) is 4.98 Å². The third kappa shape index (κ3) is 1.79. The van der Waals surface area contributed by atoms with Gasteiger partial charge in [0.2, 0.25) is 0 Å². The molecule has 1 aromatic heterocycles. The van der Waals surface area contributed by atoms with E-state index in [1.54, 1.807) is 0 Å². The molecule has 1 aromatic carbocycles. The van der Waals surface area contributed by atoms with Crippen LogP contribution >= 0.6 is 15.9 Å². The number of halogens is 1. The van der Waals surface area contributed by atoms with Crippen LogP contribution in [-0.2, 0) is 7.05 Å². The van der Waals surface area contributed by atoms with Gasteiger partial charge in [-0.15, -0.1) is 0 Å². The first-order valence-electron chi connectivity index (χ1n) is 5.99. The third-order valence-electron chi connectivity index (χ3n) is 3.80. The number of rotatable bonds is 2. The molecule has 3 rings (SSSR count). The molecule has 0 radical (unpaired) electrons. The summed E-state index contributed by atoms with van der Waals surface area (Å²) in [5.41, 5.74) is 2.29. The highest BCUT2D eigenvalue weighted by Crippen LogP contribution is 2.29. The molecule has 0 bridgehead atoms. The molecule has 1 atom stereocenters. The van der Waals surface area contributed by atoms with Crippen LogP contribution in [0.25, 0.3) is 11.0 Å². The van der Waals surface area contributed by atoms with Gasteiger partial charge in [0.1, 0.15) is 5.82 Å². The lowest BCUT2D eigenvalue weighted by Gasteiger charge is -2.32. The zero-order chi connectivity index (χ0) is 12.0. The van der Waals surface area contributed by atoms with E-state index in [1.807, 2.05) is 0 Å². The summed E-state index contributed by atoms with van der Waals surface area (Å²) in [4.78, 5) is 4.78. The number of aryl methyl sites for hydroxylation is 1. The highest BCUT2D eigenvalue weighted by atomic mass is 79.9. The fourth-order valence-corrected chi connectivity index (χ4v) is 2.82. The Morgan fingerprint density at radius 3 is 2.88 bits per heavy atom. The van der Waals surface area contributed by atoms with Gasteiger partial charge in [0.15, 0.2) is 0 Å². The summed E-state index contributed by atoms with van der Waals surface area (Å²) >= 11 is 3.50. The smallest absolute Gasteiger partial charge is 0.112 e. The van der Waals surface area contributed by atoms with Crippen molar-refractivity contribution in [3.05, 3.63) is 28.5 Å². The molecule has 1 unspecified atom stereocenters. The molecule has 4 heteroatoms. The van der Waals surface area contributed by atoms with Gasteiger partial charge in [-0.1, -0.05) is 22.9 Å². The molecule has 0 spiro atoms. The standard InChI is InChI=1S/C13H16BrN3/c1-8(9-6-15-7-9)13-16-11-5-10(14)3-4-12(11)17(13)2/h3-5,8-9,15H,6-7H2,1-2H3. The van der Waals surface area contributed by atoms with E-state index in [1.165, 1.54) is 11.3 Å². The fraction of sp³-hybridized carbons (Fsp3) is 0.462. The largest absolute Gasteiger partial charge is 0.331 e. The van der Waals surface area contributed by atoms with Crippen molar-refractivity contribution in [1.82, 2.24) is 14.9 Å². The number of nitrogens with zero attached hydrogens (tertiary/aromatic N) is 2. The van der Waals surface area contributed by atoms with Crippen LogP contribution in [0.3, 0.4) is 0 Å². The topological polar surface area (TPSA) is 29.9 Å². The summed E-state index contributed by atoms with van der Waals surface area (Å²) in [6.45, 7) is 4.52. The van der Waals surface area contributed by atoms with Crippen LogP contribution < -0.4 is 5.32 Å². The number of imidazole rings is 1. The molecule has 3 nitrogen and oxygen atoms in total. The number of hydrogen-bond acceptors (Lipinski definition) is 2. The monoisotopic (exact) mass is 293 g/mol. The van der Waals surface area contributed by atoms with Gasteiger partial charge in [0.05, 0.1) is 11.0 Å². The minimum absolute atomic E-state index is 0.521. The van der Waals surface area contributed by atoms with Gasteiger partial charge >= 0.3 is 0 Å². The van der Waals surface area contributed by atoms with E-state index in [2.05, 4.69) is 58.0 Å².